The van der Waals surface area contributed by atoms with E-state index in [4.69, 9.17) is 11.6 Å². The fourth-order valence-electron chi connectivity index (χ4n) is 2.91. The number of carbonyl (C=O) groups is 1. The number of benzene rings is 1. The molecule has 1 aromatic carbocycles. The van der Waals surface area contributed by atoms with Gasteiger partial charge in [0.15, 0.2) is 5.82 Å². The Morgan fingerprint density at radius 3 is 2.75 bits per heavy atom. The standard InChI is InChI=1S/C17H22ClN5O/c1-11(2)15(16-22-21-14-4-3-9-23(14)16)20-17(24)19-10-12-5-7-13(18)8-6-12/h5-8,11,15H,3-4,9-10H2,1-2H3,(H2,19,20,24). The van der Waals surface area contributed by atoms with E-state index < -0.39 is 0 Å². The van der Waals surface area contributed by atoms with Gasteiger partial charge in [-0.05, 0) is 30.0 Å². The largest absolute Gasteiger partial charge is 0.334 e. The zero-order chi connectivity index (χ0) is 17.1. The van der Waals surface area contributed by atoms with Gasteiger partial charge in [0, 0.05) is 24.5 Å². The van der Waals surface area contributed by atoms with Crippen molar-refractivity contribution < 1.29 is 4.79 Å². The van der Waals surface area contributed by atoms with Gasteiger partial charge < -0.3 is 15.2 Å². The Bertz CT molecular complexity index is 710. The van der Waals surface area contributed by atoms with Gasteiger partial charge in [0.05, 0.1) is 6.04 Å². The van der Waals surface area contributed by atoms with Crippen molar-refractivity contribution in [3.05, 3.63) is 46.5 Å². The fraction of sp³-hybridized carbons (Fsp3) is 0.471. The lowest BCUT2D eigenvalue weighted by atomic mass is 10.0. The molecule has 7 heteroatoms. The van der Waals surface area contributed by atoms with Gasteiger partial charge in [-0.2, -0.15) is 0 Å². The van der Waals surface area contributed by atoms with Crippen LogP contribution in [0.3, 0.4) is 0 Å². The Kier molecular flexibility index (Phi) is 5.04. The van der Waals surface area contributed by atoms with Gasteiger partial charge in [0.2, 0.25) is 0 Å². The molecule has 0 fully saturated rings. The van der Waals surface area contributed by atoms with Crippen LogP contribution in [0.5, 0.6) is 0 Å². The lowest BCUT2D eigenvalue weighted by Gasteiger charge is -2.22. The minimum absolute atomic E-state index is 0.158. The summed E-state index contributed by atoms with van der Waals surface area (Å²) < 4.78 is 2.13. The Morgan fingerprint density at radius 2 is 2.04 bits per heavy atom. The summed E-state index contributed by atoms with van der Waals surface area (Å²) in [7, 11) is 0. The third-order valence-corrected chi connectivity index (χ3v) is 4.49. The van der Waals surface area contributed by atoms with E-state index in [9.17, 15) is 4.79 Å². The number of aryl methyl sites for hydroxylation is 1. The SMILES string of the molecule is CC(C)C(NC(=O)NCc1ccc(Cl)cc1)c1nnc2n1CCC2. The van der Waals surface area contributed by atoms with Gasteiger partial charge in [0.25, 0.3) is 0 Å². The van der Waals surface area contributed by atoms with Crippen LogP contribution in [0.25, 0.3) is 0 Å². The number of aromatic nitrogens is 3. The van der Waals surface area contributed by atoms with Gasteiger partial charge in [-0.15, -0.1) is 10.2 Å². The first-order valence-corrected chi connectivity index (χ1v) is 8.63. The molecule has 3 rings (SSSR count). The van der Waals surface area contributed by atoms with Crippen molar-refractivity contribution in [2.45, 2.75) is 45.8 Å². The maximum Gasteiger partial charge on any atom is 0.315 e. The molecular formula is C17H22ClN5O. The van der Waals surface area contributed by atoms with Crippen LogP contribution in [0, 0.1) is 5.92 Å². The first kappa shape index (κ1) is 16.8. The highest BCUT2D eigenvalue weighted by Crippen LogP contribution is 2.24. The average molecular weight is 348 g/mol. The number of nitrogens with one attached hydrogen (secondary N) is 2. The van der Waals surface area contributed by atoms with Crippen molar-refractivity contribution >= 4 is 17.6 Å². The highest BCUT2D eigenvalue weighted by molar-refractivity contribution is 6.30. The molecule has 0 saturated carbocycles. The topological polar surface area (TPSA) is 71.8 Å². The minimum atomic E-state index is -0.209. The van der Waals surface area contributed by atoms with Crippen LogP contribution in [0.1, 0.15) is 43.5 Å². The fourth-order valence-corrected chi connectivity index (χ4v) is 3.04. The normalized spacial score (nSPS) is 14.5. The van der Waals surface area contributed by atoms with Gasteiger partial charge in [-0.25, -0.2) is 4.79 Å². The summed E-state index contributed by atoms with van der Waals surface area (Å²) in [5.41, 5.74) is 0.999. The summed E-state index contributed by atoms with van der Waals surface area (Å²) in [6, 6.07) is 7.05. The minimum Gasteiger partial charge on any atom is -0.334 e. The number of halogens is 1. The molecule has 6 nitrogen and oxygen atoms in total. The van der Waals surface area contributed by atoms with E-state index in [0.717, 1.165) is 36.6 Å². The highest BCUT2D eigenvalue weighted by atomic mass is 35.5. The second-order valence-corrected chi connectivity index (χ2v) is 6.84. The third kappa shape index (κ3) is 3.70. The number of amides is 2. The van der Waals surface area contributed by atoms with Gasteiger partial charge in [-0.3, -0.25) is 0 Å². The molecule has 0 aliphatic carbocycles. The molecule has 0 saturated heterocycles. The van der Waals surface area contributed by atoms with Crippen molar-refractivity contribution in [3.63, 3.8) is 0 Å². The predicted octanol–water partition coefficient (Wildman–Crippen LogP) is 3.07. The molecular weight excluding hydrogens is 326 g/mol. The van der Waals surface area contributed by atoms with E-state index in [-0.39, 0.29) is 18.0 Å². The molecule has 0 spiro atoms. The Labute approximate surface area is 146 Å². The third-order valence-electron chi connectivity index (χ3n) is 4.24. The molecule has 2 amide bonds. The molecule has 1 aliphatic heterocycles. The van der Waals surface area contributed by atoms with Crippen LogP contribution in [0.2, 0.25) is 5.02 Å². The smallest absolute Gasteiger partial charge is 0.315 e. The van der Waals surface area contributed by atoms with Crippen LogP contribution in [0.4, 0.5) is 4.79 Å². The summed E-state index contributed by atoms with van der Waals surface area (Å²) in [6.07, 6.45) is 2.05. The quantitative estimate of drug-likeness (QED) is 0.873. The molecule has 2 N–H and O–H groups in total. The maximum absolute atomic E-state index is 12.3. The van der Waals surface area contributed by atoms with Crippen molar-refractivity contribution in [2.75, 3.05) is 0 Å². The first-order chi connectivity index (χ1) is 11.5. The van der Waals surface area contributed by atoms with E-state index in [1.807, 2.05) is 24.3 Å². The molecule has 2 heterocycles. The summed E-state index contributed by atoms with van der Waals surface area (Å²) in [5.74, 6) is 2.08. The predicted molar refractivity (Wildman–Crippen MR) is 92.7 cm³/mol. The van der Waals surface area contributed by atoms with Gasteiger partial charge in [0.1, 0.15) is 5.82 Å². The lowest BCUT2D eigenvalue weighted by molar-refractivity contribution is 0.231. The zero-order valence-electron chi connectivity index (χ0n) is 13.9. The van der Waals surface area contributed by atoms with E-state index >= 15 is 0 Å². The Balaban J connectivity index is 1.63. The summed E-state index contributed by atoms with van der Waals surface area (Å²) in [4.78, 5) is 12.3. The van der Waals surface area contributed by atoms with Crippen molar-refractivity contribution in [1.29, 1.82) is 0 Å². The van der Waals surface area contributed by atoms with Crippen molar-refractivity contribution in [2.24, 2.45) is 5.92 Å². The van der Waals surface area contributed by atoms with Crippen LogP contribution in [0.15, 0.2) is 24.3 Å². The van der Waals surface area contributed by atoms with E-state index in [0.29, 0.717) is 11.6 Å². The van der Waals surface area contributed by atoms with Gasteiger partial charge in [-0.1, -0.05) is 37.6 Å². The Hall–Kier alpha value is -2.08. The monoisotopic (exact) mass is 347 g/mol. The van der Waals surface area contributed by atoms with Crippen molar-refractivity contribution in [3.8, 4) is 0 Å². The number of nitrogens with zero attached hydrogens (tertiary/aromatic N) is 3. The molecule has 128 valence electrons. The van der Waals surface area contributed by atoms with Gasteiger partial charge >= 0.3 is 6.03 Å². The highest BCUT2D eigenvalue weighted by Gasteiger charge is 2.27. The number of fused-ring (bicyclic) bond motifs is 1. The van der Waals surface area contributed by atoms with Crippen molar-refractivity contribution in [1.82, 2.24) is 25.4 Å². The summed E-state index contributed by atoms with van der Waals surface area (Å²) >= 11 is 5.87. The average Bonchev–Trinajstić information content (AvgIpc) is 3.15. The zero-order valence-corrected chi connectivity index (χ0v) is 14.7. The number of hydrogen-bond acceptors (Lipinski definition) is 3. The molecule has 0 radical (unpaired) electrons. The van der Waals surface area contributed by atoms with E-state index in [1.165, 1.54) is 0 Å². The number of hydrogen-bond donors (Lipinski definition) is 2. The van der Waals surface area contributed by atoms with E-state index in [1.54, 1.807) is 0 Å². The molecule has 0 bridgehead atoms. The van der Waals surface area contributed by atoms with E-state index in [2.05, 4.69) is 39.2 Å². The maximum atomic E-state index is 12.3. The molecule has 1 unspecified atom stereocenters. The van der Waals surface area contributed by atoms with Crippen LogP contribution in [-0.4, -0.2) is 20.8 Å². The molecule has 1 atom stereocenters. The molecule has 24 heavy (non-hydrogen) atoms. The lowest BCUT2D eigenvalue weighted by Crippen LogP contribution is -2.40. The van der Waals surface area contributed by atoms with Crippen LogP contribution in [-0.2, 0) is 19.5 Å². The number of urea groups is 1. The summed E-state index contributed by atoms with van der Waals surface area (Å²) in [6.45, 7) is 5.52. The summed E-state index contributed by atoms with van der Waals surface area (Å²) in [5, 5.41) is 15.1. The van der Waals surface area contributed by atoms with Crippen LogP contribution < -0.4 is 10.6 Å². The number of rotatable bonds is 5. The first-order valence-electron chi connectivity index (χ1n) is 8.25. The Morgan fingerprint density at radius 1 is 1.29 bits per heavy atom. The molecule has 1 aromatic heterocycles. The second kappa shape index (κ2) is 7.21. The molecule has 1 aliphatic rings. The van der Waals surface area contributed by atoms with Crippen LogP contribution >= 0.6 is 11.6 Å². The number of carbonyl (C=O) groups excluding carboxylic acids is 1. The second-order valence-electron chi connectivity index (χ2n) is 6.40. The molecule has 2 aromatic rings.